The second-order valence-electron chi connectivity index (χ2n) is 13.2. The zero-order chi connectivity index (χ0) is 36.4. The van der Waals surface area contributed by atoms with Crippen LogP contribution in [0.5, 0.6) is 5.88 Å². The van der Waals surface area contributed by atoms with E-state index in [4.69, 9.17) is 37.9 Å². The molecule has 11 nitrogen and oxygen atoms in total. The zero-order valence-electron chi connectivity index (χ0n) is 28.9. The van der Waals surface area contributed by atoms with Crippen LogP contribution in [0.15, 0.2) is 71.7 Å². The van der Waals surface area contributed by atoms with Gasteiger partial charge in [-0.25, -0.2) is 9.97 Å². The number of ether oxygens (including phenoxy) is 1. The maximum atomic E-state index is 13.3. The highest BCUT2D eigenvalue weighted by atomic mass is 35.5. The van der Waals surface area contributed by atoms with Crippen molar-refractivity contribution in [2.75, 3.05) is 20.2 Å². The molecule has 2 saturated heterocycles. The molecule has 5 aromatic rings. The molecule has 5 heterocycles. The number of carbonyl (C=O) groups is 2. The minimum atomic E-state index is -0.139. The number of methoxy groups -OCH3 is 1. The Labute approximate surface area is 311 Å². The van der Waals surface area contributed by atoms with Gasteiger partial charge in [0.2, 0.25) is 17.7 Å². The number of nitrogens with zero attached hydrogens (tertiary/aromatic N) is 3. The molecule has 52 heavy (non-hydrogen) atoms. The number of halogens is 2. The van der Waals surface area contributed by atoms with Crippen molar-refractivity contribution in [3.05, 3.63) is 104 Å². The summed E-state index contributed by atoms with van der Waals surface area (Å²) in [6.07, 6.45) is 4.44. The molecular formula is C39H39Cl2N7O4. The summed E-state index contributed by atoms with van der Waals surface area (Å²) < 4.78 is 7.19. The molecule has 2 fully saturated rings. The summed E-state index contributed by atoms with van der Waals surface area (Å²) in [7, 11) is 1.59. The summed E-state index contributed by atoms with van der Waals surface area (Å²) >= 11 is 14.3. The molecule has 268 valence electrons. The topological polar surface area (TPSA) is 139 Å². The first-order valence-corrected chi connectivity index (χ1v) is 18.1. The van der Waals surface area contributed by atoms with Crippen LogP contribution in [0.2, 0.25) is 10.0 Å². The predicted octanol–water partition coefficient (Wildman–Crippen LogP) is 5.45. The molecule has 2 amide bonds. The number of benzene rings is 2. The molecule has 13 heteroatoms. The summed E-state index contributed by atoms with van der Waals surface area (Å²) in [5.41, 5.74) is 6.92. The quantitative estimate of drug-likeness (QED) is 0.133. The molecule has 0 spiro atoms. The van der Waals surface area contributed by atoms with Crippen LogP contribution in [-0.2, 0) is 22.7 Å². The molecule has 2 aliphatic rings. The number of amides is 2. The minimum Gasteiger partial charge on any atom is -0.481 e. The summed E-state index contributed by atoms with van der Waals surface area (Å²) in [6.45, 7) is 3.99. The van der Waals surface area contributed by atoms with Gasteiger partial charge in [-0.05, 0) is 43.5 Å². The lowest BCUT2D eigenvalue weighted by atomic mass is 9.97. The van der Waals surface area contributed by atoms with E-state index in [2.05, 4.69) is 21.3 Å². The number of rotatable bonds is 12. The monoisotopic (exact) mass is 739 g/mol. The number of hydrogen-bond donors (Lipinski definition) is 4. The molecule has 2 aliphatic heterocycles. The van der Waals surface area contributed by atoms with E-state index < -0.39 is 0 Å². The van der Waals surface area contributed by atoms with Crippen molar-refractivity contribution in [2.24, 2.45) is 0 Å². The molecule has 4 N–H and O–H groups in total. The average molecular weight is 741 g/mol. The van der Waals surface area contributed by atoms with Gasteiger partial charge in [0.15, 0.2) is 0 Å². The molecule has 2 aromatic carbocycles. The number of aromatic nitrogens is 3. The van der Waals surface area contributed by atoms with Gasteiger partial charge >= 0.3 is 0 Å². The van der Waals surface area contributed by atoms with Gasteiger partial charge in [0.1, 0.15) is 5.65 Å². The largest absolute Gasteiger partial charge is 0.481 e. The molecule has 2 atom stereocenters. The van der Waals surface area contributed by atoms with E-state index >= 15 is 0 Å². The lowest BCUT2D eigenvalue weighted by molar-refractivity contribution is -0.120. The van der Waals surface area contributed by atoms with Crippen LogP contribution >= 0.6 is 23.2 Å². The van der Waals surface area contributed by atoms with Crippen molar-refractivity contribution in [1.29, 1.82) is 0 Å². The first-order valence-electron chi connectivity index (χ1n) is 17.3. The van der Waals surface area contributed by atoms with Crippen LogP contribution in [0.25, 0.3) is 39.2 Å². The Bertz CT molecular complexity index is 2240. The number of fused-ring (bicyclic) bond motifs is 1. The predicted molar refractivity (Wildman–Crippen MR) is 203 cm³/mol. The highest BCUT2D eigenvalue weighted by Crippen LogP contribution is 2.42. The van der Waals surface area contributed by atoms with Crippen LogP contribution in [0.1, 0.15) is 42.5 Å². The number of nitrogens with one attached hydrogen (secondary N) is 4. The van der Waals surface area contributed by atoms with Crippen molar-refractivity contribution in [2.45, 2.75) is 57.8 Å². The fraction of sp³-hybridized carbons (Fsp3) is 0.308. The Morgan fingerprint density at radius 2 is 1.42 bits per heavy atom. The van der Waals surface area contributed by atoms with E-state index in [-0.39, 0.29) is 29.5 Å². The van der Waals surface area contributed by atoms with Crippen molar-refractivity contribution in [3.63, 3.8) is 0 Å². The smallest absolute Gasteiger partial charge is 0.261 e. The molecule has 0 aliphatic carbocycles. The lowest BCUT2D eigenvalue weighted by Crippen LogP contribution is -2.36. The molecule has 0 saturated carbocycles. The summed E-state index contributed by atoms with van der Waals surface area (Å²) in [5, 5.41) is 13.7. The minimum absolute atomic E-state index is 0.0661. The number of hydrogen-bond acceptors (Lipinski definition) is 8. The Kier molecular flexibility index (Phi) is 10.6. The molecule has 3 aromatic heterocycles. The molecule has 0 unspecified atom stereocenters. The second-order valence-corrected chi connectivity index (χ2v) is 14.0. The van der Waals surface area contributed by atoms with Gasteiger partial charge in [-0.15, -0.1) is 0 Å². The fourth-order valence-corrected chi connectivity index (χ4v) is 7.51. The van der Waals surface area contributed by atoms with E-state index in [9.17, 15) is 14.4 Å². The third-order valence-corrected chi connectivity index (χ3v) is 10.5. The summed E-state index contributed by atoms with van der Waals surface area (Å²) in [6, 6.07) is 19.4. The van der Waals surface area contributed by atoms with Gasteiger partial charge in [0, 0.05) is 90.7 Å². The van der Waals surface area contributed by atoms with Gasteiger partial charge in [-0.1, -0.05) is 65.7 Å². The van der Waals surface area contributed by atoms with Gasteiger partial charge in [0.05, 0.1) is 28.5 Å². The highest BCUT2D eigenvalue weighted by molar-refractivity contribution is 6.39. The number of carbonyl (C=O) groups excluding carboxylic acids is 2. The Hall–Kier alpha value is -4.81. The molecule has 0 radical (unpaired) electrons. The van der Waals surface area contributed by atoms with Crippen LogP contribution in [0.3, 0.4) is 0 Å². The van der Waals surface area contributed by atoms with E-state index in [1.807, 2.05) is 60.7 Å². The van der Waals surface area contributed by atoms with Gasteiger partial charge in [-0.3, -0.25) is 18.8 Å². The average Bonchev–Trinajstić information content (AvgIpc) is 3.77. The Balaban J connectivity index is 1.13. The highest BCUT2D eigenvalue weighted by Gasteiger charge is 2.22. The Morgan fingerprint density at radius 3 is 2.06 bits per heavy atom. The van der Waals surface area contributed by atoms with Crippen molar-refractivity contribution in [1.82, 2.24) is 35.6 Å². The van der Waals surface area contributed by atoms with Gasteiger partial charge in [0.25, 0.3) is 5.56 Å². The van der Waals surface area contributed by atoms with Crippen LogP contribution in [0, 0.1) is 6.92 Å². The van der Waals surface area contributed by atoms with E-state index in [0.29, 0.717) is 77.5 Å². The fourth-order valence-electron chi connectivity index (χ4n) is 6.85. The van der Waals surface area contributed by atoms with Gasteiger partial charge in [-0.2, -0.15) is 0 Å². The van der Waals surface area contributed by atoms with Crippen LogP contribution < -0.4 is 31.6 Å². The molecule has 7 rings (SSSR count). The van der Waals surface area contributed by atoms with Crippen molar-refractivity contribution < 1.29 is 14.3 Å². The summed E-state index contributed by atoms with van der Waals surface area (Å²) in [4.78, 5) is 46.0. The van der Waals surface area contributed by atoms with E-state index in [1.165, 1.54) is 4.40 Å². The van der Waals surface area contributed by atoms with Crippen molar-refractivity contribution >= 4 is 40.7 Å². The Morgan fingerprint density at radius 1 is 0.808 bits per heavy atom. The van der Waals surface area contributed by atoms with Crippen molar-refractivity contribution in [3.8, 4) is 39.4 Å². The lowest BCUT2D eigenvalue weighted by Gasteiger charge is -2.16. The third kappa shape index (κ3) is 7.40. The maximum absolute atomic E-state index is 13.3. The normalized spacial score (nSPS) is 17.1. The molecular weight excluding hydrogens is 701 g/mol. The third-order valence-electron chi connectivity index (χ3n) is 9.72. The standard InChI is InChI=1S/C39H39Cl2N7O4/c1-22-32(21-43-20-26-11-14-35(50)45-26)46-33-17-23(15-16-48(33)39(22)51)27-5-3-6-28(36(27)40)29-7-4-8-30(37(29)41)31-12-9-24(38(47-31)52-2)18-42-19-25-10-13-34(49)44-25/h3-9,12,15-17,25-26,42-43H,10-11,13-14,18-21H2,1-2H3,(H,44,49)(H,45,50)/t25-,26+/m0/s1. The van der Waals surface area contributed by atoms with E-state index in [1.54, 1.807) is 20.2 Å². The maximum Gasteiger partial charge on any atom is 0.261 e. The molecule has 0 bridgehead atoms. The first-order chi connectivity index (χ1) is 25.2. The van der Waals surface area contributed by atoms with Crippen LogP contribution in [0.4, 0.5) is 0 Å². The number of pyridine rings is 2. The van der Waals surface area contributed by atoms with Crippen LogP contribution in [-0.4, -0.2) is 58.5 Å². The zero-order valence-corrected chi connectivity index (χ0v) is 30.4. The van der Waals surface area contributed by atoms with Gasteiger partial charge < -0.3 is 26.0 Å². The first kappa shape index (κ1) is 35.6. The van der Waals surface area contributed by atoms with E-state index in [0.717, 1.165) is 46.2 Å². The SMILES string of the molecule is COc1nc(-c2cccc(-c3cccc(-c4ccn5c(=O)c(C)c(CNC[C@H]6CCC(=O)N6)nc5c4)c3Cl)c2Cl)ccc1CNC[C@@H]1CCC(=O)N1. The second kappa shape index (κ2) is 15.4. The summed E-state index contributed by atoms with van der Waals surface area (Å²) in [5.74, 6) is 0.646.